The first kappa shape index (κ1) is 26.3. The molecular formula is C36H45N2O+. The molecule has 4 aliphatic rings. The van der Waals surface area contributed by atoms with Crippen LogP contribution in [-0.2, 0) is 23.7 Å². The average Bonchev–Trinajstić information content (AvgIpc) is 3.31. The van der Waals surface area contributed by atoms with Crippen molar-refractivity contribution in [2.45, 2.75) is 89.4 Å². The van der Waals surface area contributed by atoms with Crippen LogP contribution in [0.4, 0.5) is 11.4 Å². The summed E-state index contributed by atoms with van der Waals surface area (Å²) in [6, 6.07) is 13.9. The standard InChI is InChI=1S/C36H45N2O/c1-35(2)29-19-11-15-27-17-13-24-37(33(27)29)31(35)21-7-6-8-22-32-36(3,23-9-4-5-10-26-39)30-20-12-16-28-18-14-25-38(32)34(28)30/h6-8,11-12,15-16,19-22,39H,4-5,9-10,13-14,17-18,23-26H2,1-3H3/q+1. The Hall–Kier alpha value is -2.91. The van der Waals surface area contributed by atoms with Crippen LogP contribution in [0.1, 0.15) is 88.0 Å². The minimum absolute atomic E-state index is 0.0321. The summed E-state index contributed by atoms with van der Waals surface area (Å²) in [6.07, 6.45) is 21.9. The van der Waals surface area contributed by atoms with Crippen molar-refractivity contribution in [1.82, 2.24) is 0 Å². The van der Waals surface area contributed by atoms with Crippen molar-refractivity contribution >= 4 is 17.1 Å². The van der Waals surface area contributed by atoms with Gasteiger partial charge in [0.1, 0.15) is 6.54 Å². The highest BCUT2D eigenvalue weighted by molar-refractivity contribution is 6.03. The molecule has 4 heterocycles. The summed E-state index contributed by atoms with van der Waals surface area (Å²) in [5, 5.41) is 9.20. The van der Waals surface area contributed by atoms with Crippen LogP contribution in [0.2, 0.25) is 0 Å². The Balaban J connectivity index is 1.27. The largest absolute Gasteiger partial charge is 0.396 e. The van der Waals surface area contributed by atoms with E-state index in [4.69, 9.17) is 0 Å². The third-order valence-electron chi connectivity index (χ3n) is 9.81. The maximum absolute atomic E-state index is 9.20. The Morgan fingerprint density at radius 2 is 1.64 bits per heavy atom. The van der Waals surface area contributed by atoms with Gasteiger partial charge in [-0.1, -0.05) is 73.9 Å². The van der Waals surface area contributed by atoms with Gasteiger partial charge in [-0.05, 0) is 70.1 Å². The Labute approximate surface area is 235 Å². The van der Waals surface area contributed by atoms with Crippen LogP contribution in [0.5, 0.6) is 0 Å². The normalized spacial score (nSPS) is 23.9. The number of aliphatic hydroxyl groups excluding tert-OH is 1. The first-order chi connectivity index (χ1) is 19.0. The number of hydrogen-bond donors (Lipinski definition) is 1. The van der Waals surface area contributed by atoms with Crippen LogP contribution in [-0.4, -0.2) is 35.1 Å². The number of aliphatic hydroxyl groups is 1. The van der Waals surface area contributed by atoms with Gasteiger partial charge in [-0.15, -0.1) is 0 Å². The predicted molar refractivity (Wildman–Crippen MR) is 164 cm³/mol. The van der Waals surface area contributed by atoms with E-state index in [1.807, 2.05) is 0 Å². The van der Waals surface area contributed by atoms with E-state index in [1.54, 1.807) is 0 Å². The molecule has 2 aromatic rings. The van der Waals surface area contributed by atoms with Crippen LogP contribution in [0.25, 0.3) is 0 Å². The summed E-state index contributed by atoms with van der Waals surface area (Å²) in [6.45, 7) is 9.75. The molecule has 0 aromatic heterocycles. The van der Waals surface area contributed by atoms with Crippen molar-refractivity contribution in [2.75, 3.05) is 24.6 Å². The van der Waals surface area contributed by atoms with Gasteiger partial charge in [0.25, 0.3) is 0 Å². The van der Waals surface area contributed by atoms with Gasteiger partial charge in [0.05, 0.1) is 5.41 Å². The molecule has 0 spiro atoms. The molecule has 1 atom stereocenters. The van der Waals surface area contributed by atoms with E-state index in [0.717, 1.165) is 32.4 Å². The lowest BCUT2D eigenvalue weighted by atomic mass is 9.76. The third-order valence-corrected chi connectivity index (χ3v) is 9.81. The molecule has 0 radical (unpaired) electrons. The van der Waals surface area contributed by atoms with Gasteiger partial charge in [-0.2, -0.15) is 4.58 Å². The van der Waals surface area contributed by atoms with Crippen molar-refractivity contribution in [3.63, 3.8) is 0 Å². The van der Waals surface area contributed by atoms with Crippen molar-refractivity contribution in [3.8, 4) is 0 Å². The molecule has 3 nitrogen and oxygen atoms in total. The minimum Gasteiger partial charge on any atom is -0.396 e. The van der Waals surface area contributed by atoms with Crippen LogP contribution in [0, 0.1) is 0 Å². The van der Waals surface area contributed by atoms with Gasteiger partial charge in [0, 0.05) is 53.6 Å². The summed E-state index contributed by atoms with van der Waals surface area (Å²) in [4.78, 5) is 2.62. The maximum atomic E-state index is 9.20. The van der Waals surface area contributed by atoms with E-state index in [2.05, 4.69) is 97.0 Å². The highest BCUT2D eigenvalue weighted by Crippen LogP contribution is 2.53. The zero-order valence-corrected chi connectivity index (χ0v) is 24.2. The van der Waals surface area contributed by atoms with Gasteiger partial charge in [0.2, 0.25) is 5.69 Å². The van der Waals surface area contributed by atoms with Crippen LogP contribution >= 0.6 is 0 Å². The molecule has 0 fully saturated rings. The van der Waals surface area contributed by atoms with E-state index in [0.29, 0.717) is 6.61 Å². The zero-order valence-electron chi connectivity index (χ0n) is 24.2. The summed E-state index contributed by atoms with van der Waals surface area (Å²) in [5.41, 5.74) is 11.9. The second-order valence-corrected chi connectivity index (χ2v) is 12.7. The average molecular weight is 522 g/mol. The van der Waals surface area contributed by atoms with E-state index in [1.165, 1.54) is 83.6 Å². The number of anilines is 1. The lowest BCUT2D eigenvalue weighted by Crippen LogP contribution is -2.31. The monoisotopic (exact) mass is 521 g/mol. The van der Waals surface area contributed by atoms with Gasteiger partial charge < -0.3 is 10.0 Å². The fourth-order valence-corrected chi connectivity index (χ4v) is 7.78. The lowest BCUT2D eigenvalue weighted by molar-refractivity contribution is -0.443. The van der Waals surface area contributed by atoms with Crippen LogP contribution < -0.4 is 4.90 Å². The minimum atomic E-state index is 0.0321. The van der Waals surface area contributed by atoms with Crippen LogP contribution in [0.15, 0.2) is 72.5 Å². The molecule has 3 heteroatoms. The summed E-state index contributed by atoms with van der Waals surface area (Å²) < 4.78 is 2.58. The van der Waals surface area contributed by atoms with Crippen molar-refractivity contribution in [2.24, 2.45) is 0 Å². The molecule has 1 unspecified atom stereocenters. The van der Waals surface area contributed by atoms with Gasteiger partial charge >= 0.3 is 0 Å². The lowest BCUT2D eigenvalue weighted by Gasteiger charge is -2.32. The first-order valence-electron chi connectivity index (χ1n) is 15.3. The Kier molecular flexibility index (Phi) is 7.14. The summed E-state index contributed by atoms with van der Waals surface area (Å²) >= 11 is 0. The van der Waals surface area contributed by atoms with Crippen molar-refractivity contribution < 1.29 is 9.68 Å². The number of unbranched alkanes of at least 4 members (excludes halogenated alkanes) is 3. The molecule has 0 saturated carbocycles. The molecule has 4 aliphatic heterocycles. The Morgan fingerprint density at radius 1 is 0.872 bits per heavy atom. The third kappa shape index (κ3) is 4.43. The van der Waals surface area contributed by atoms with E-state index >= 15 is 0 Å². The van der Waals surface area contributed by atoms with Gasteiger partial charge in [-0.25, -0.2) is 0 Å². The second kappa shape index (κ2) is 10.6. The molecular weight excluding hydrogens is 476 g/mol. The van der Waals surface area contributed by atoms with Gasteiger partial charge in [-0.3, -0.25) is 0 Å². The number of nitrogens with zero attached hydrogens (tertiary/aromatic N) is 2. The molecule has 0 aliphatic carbocycles. The SMILES string of the molecule is CC1(C)C(C=CC=CC=C2N3CCCc4cccc(c43)C2(C)CCCCCCO)=[N+]2CCCc3cccc1c32. The molecule has 2 aromatic carbocycles. The summed E-state index contributed by atoms with van der Waals surface area (Å²) in [5.74, 6) is 0. The molecule has 1 N–H and O–H groups in total. The quantitative estimate of drug-likeness (QED) is 0.208. The molecule has 39 heavy (non-hydrogen) atoms. The van der Waals surface area contributed by atoms with E-state index in [-0.39, 0.29) is 10.8 Å². The molecule has 0 saturated heterocycles. The van der Waals surface area contributed by atoms with Crippen molar-refractivity contribution in [1.29, 1.82) is 0 Å². The zero-order chi connectivity index (χ0) is 27.0. The van der Waals surface area contributed by atoms with Gasteiger partial charge in [0.15, 0.2) is 5.71 Å². The number of hydrogen-bond acceptors (Lipinski definition) is 2. The molecule has 0 bridgehead atoms. The van der Waals surface area contributed by atoms with Crippen molar-refractivity contribution in [3.05, 3.63) is 94.7 Å². The molecule has 6 rings (SSSR count). The van der Waals surface area contributed by atoms with E-state index < -0.39 is 0 Å². The number of rotatable bonds is 9. The number of benzene rings is 2. The molecule has 0 amide bonds. The highest BCUT2D eigenvalue weighted by Gasteiger charge is 2.47. The number of para-hydroxylation sites is 2. The summed E-state index contributed by atoms with van der Waals surface area (Å²) in [7, 11) is 0. The van der Waals surface area contributed by atoms with Crippen LogP contribution in [0.3, 0.4) is 0 Å². The maximum Gasteiger partial charge on any atom is 0.212 e. The topological polar surface area (TPSA) is 26.5 Å². The number of allylic oxidation sites excluding steroid dienone is 6. The number of aryl methyl sites for hydroxylation is 2. The Bertz CT molecular complexity index is 1370. The second-order valence-electron chi connectivity index (χ2n) is 12.7. The Morgan fingerprint density at radius 3 is 2.49 bits per heavy atom. The fourth-order valence-electron chi connectivity index (χ4n) is 7.78. The van der Waals surface area contributed by atoms with E-state index in [9.17, 15) is 5.11 Å². The predicted octanol–water partition coefficient (Wildman–Crippen LogP) is 7.67. The first-order valence-corrected chi connectivity index (χ1v) is 15.3. The smallest absolute Gasteiger partial charge is 0.212 e. The fraction of sp³-hybridized carbons (Fsp3) is 0.472. The molecule has 204 valence electrons. The highest BCUT2D eigenvalue weighted by atomic mass is 16.2.